The van der Waals surface area contributed by atoms with Crippen LogP contribution in [-0.2, 0) is 0 Å². The highest BCUT2D eigenvalue weighted by molar-refractivity contribution is 9.10. The number of nitro groups is 1. The van der Waals surface area contributed by atoms with Crippen LogP contribution in [0, 0.1) is 10.1 Å². The minimum Gasteiger partial charge on any atom is -0.333 e. The van der Waals surface area contributed by atoms with Gasteiger partial charge >= 0.3 is 0 Å². The molecule has 0 saturated heterocycles. The van der Waals surface area contributed by atoms with Gasteiger partial charge < -0.3 is 4.52 Å². The molecule has 6 nitrogen and oxygen atoms in total. The van der Waals surface area contributed by atoms with Crippen molar-refractivity contribution >= 4 is 44.3 Å². The maximum Gasteiger partial charge on any atom is 0.284 e. The fraction of sp³-hybridized carbons (Fsp3) is 0. The zero-order valence-electron chi connectivity index (χ0n) is 12.0. The van der Waals surface area contributed by atoms with Crippen LogP contribution in [-0.4, -0.2) is 15.1 Å². The minimum atomic E-state index is -0.477. The first-order valence-electron chi connectivity index (χ1n) is 6.75. The van der Waals surface area contributed by atoms with Crippen molar-refractivity contribution in [3.63, 3.8) is 0 Å². The Morgan fingerprint density at radius 3 is 2.71 bits per heavy atom. The van der Waals surface area contributed by atoms with E-state index >= 15 is 0 Å². The SMILES string of the molecule is O=[N+]([O-])c1cc(/C=C(\Cl)c2nc(-c3ccccc3)no2)ccc1Br. The van der Waals surface area contributed by atoms with Crippen molar-refractivity contribution in [2.24, 2.45) is 0 Å². The summed E-state index contributed by atoms with van der Waals surface area (Å²) in [5, 5.41) is 15.0. The van der Waals surface area contributed by atoms with Gasteiger partial charge in [0.05, 0.1) is 9.40 Å². The molecule has 0 fully saturated rings. The van der Waals surface area contributed by atoms with Crippen LogP contribution in [0.25, 0.3) is 22.5 Å². The molecule has 0 saturated carbocycles. The predicted octanol–water partition coefficient (Wildman–Crippen LogP) is 5.14. The molecule has 0 unspecified atom stereocenters. The molecule has 2 aromatic carbocycles. The van der Waals surface area contributed by atoms with E-state index in [-0.39, 0.29) is 16.6 Å². The zero-order chi connectivity index (χ0) is 17.1. The van der Waals surface area contributed by atoms with Gasteiger partial charge in [-0.25, -0.2) is 0 Å². The average Bonchev–Trinajstić information content (AvgIpc) is 3.07. The van der Waals surface area contributed by atoms with Crippen LogP contribution in [0.15, 0.2) is 57.5 Å². The molecule has 120 valence electrons. The van der Waals surface area contributed by atoms with E-state index in [2.05, 4.69) is 26.1 Å². The number of hydrogen-bond donors (Lipinski definition) is 0. The van der Waals surface area contributed by atoms with Crippen LogP contribution < -0.4 is 0 Å². The average molecular weight is 407 g/mol. The molecule has 8 heteroatoms. The first-order chi connectivity index (χ1) is 11.5. The maximum absolute atomic E-state index is 11.0. The number of nitrogens with zero attached hydrogens (tertiary/aromatic N) is 3. The third-order valence-corrected chi connectivity index (χ3v) is 4.06. The van der Waals surface area contributed by atoms with Gasteiger partial charge in [0.2, 0.25) is 5.82 Å². The smallest absolute Gasteiger partial charge is 0.284 e. The van der Waals surface area contributed by atoms with Gasteiger partial charge in [-0.1, -0.05) is 53.2 Å². The molecule has 3 rings (SSSR count). The Morgan fingerprint density at radius 2 is 2.00 bits per heavy atom. The topological polar surface area (TPSA) is 82.1 Å². The summed E-state index contributed by atoms with van der Waals surface area (Å²) in [6.07, 6.45) is 1.53. The van der Waals surface area contributed by atoms with Crippen molar-refractivity contribution in [3.8, 4) is 11.4 Å². The molecule has 0 spiro atoms. The Balaban J connectivity index is 1.91. The van der Waals surface area contributed by atoms with Gasteiger partial charge in [0.15, 0.2) is 0 Å². The summed E-state index contributed by atoms with van der Waals surface area (Å²) in [4.78, 5) is 14.7. The van der Waals surface area contributed by atoms with E-state index in [1.54, 1.807) is 12.1 Å². The van der Waals surface area contributed by atoms with Gasteiger partial charge in [-0.2, -0.15) is 4.98 Å². The van der Waals surface area contributed by atoms with Crippen molar-refractivity contribution in [1.82, 2.24) is 10.1 Å². The highest BCUT2D eigenvalue weighted by Gasteiger charge is 2.14. The summed E-state index contributed by atoms with van der Waals surface area (Å²) >= 11 is 9.33. The number of rotatable bonds is 4. The molecule has 0 aliphatic carbocycles. The Bertz CT molecular complexity index is 925. The van der Waals surface area contributed by atoms with Gasteiger partial charge in [-0.05, 0) is 33.6 Å². The Hall–Kier alpha value is -2.51. The molecule has 24 heavy (non-hydrogen) atoms. The van der Waals surface area contributed by atoms with E-state index in [0.717, 1.165) is 5.56 Å². The maximum atomic E-state index is 11.0. The first kappa shape index (κ1) is 16.4. The van der Waals surface area contributed by atoms with Gasteiger partial charge in [-0.3, -0.25) is 10.1 Å². The van der Waals surface area contributed by atoms with E-state index in [0.29, 0.717) is 15.9 Å². The molecular formula is C16H9BrClN3O3. The first-order valence-corrected chi connectivity index (χ1v) is 7.92. The number of nitro benzene ring substituents is 1. The van der Waals surface area contributed by atoms with Crippen molar-refractivity contribution < 1.29 is 9.45 Å². The molecule has 0 amide bonds. The van der Waals surface area contributed by atoms with E-state index in [9.17, 15) is 10.1 Å². The predicted molar refractivity (Wildman–Crippen MR) is 94.3 cm³/mol. The normalized spacial score (nSPS) is 11.5. The third-order valence-electron chi connectivity index (χ3n) is 3.12. The lowest BCUT2D eigenvalue weighted by atomic mass is 10.2. The van der Waals surface area contributed by atoms with Gasteiger partial charge in [-0.15, -0.1) is 0 Å². The van der Waals surface area contributed by atoms with E-state index in [4.69, 9.17) is 16.1 Å². The number of hydrogen-bond acceptors (Lipinski definition) is 5. The molecule has 0 radical (unpaired) electrons. The fourth-order valence-corrected chi connectivity index (χ4v) is 2.59. The summed E-state index contributed by atoms with van der Waals surface area (Å²) in [7, 11) is 0. The standard InChI is InChI=1S/C16H9BrClN3O3/c17-12-7-6-10(9-14(12)21(22)23)8-13(18)16-19-15(20-24-16)11-4-2-1-3-5-11/h1-9H/b13-8-. The Kier molecular flexibility index (Phi) is 4.73. The monoisotopic (exact) mass is 405 g/mol. The quantitative estimate of drug-likeness (QED) is 0.442. The van der Waals surface area contributed by atoms with Crippen LogP contribution in [0.3, 0.4) is 0 Å². The molecule has 1 aromatic heterocycles. The third kappa shape index (κ3) is 3.52. The molecule has 0 aliphatic rings. The second-order valence-corrected chi connectivity index (χ2v) is 6.01. The van der Waals surface area contributed by atoms with Crippen LogP contribution in [0.4, 0.5) is 5.69 Å². The minimum absolute atomic E-state index is 0.0521. The van der Waals surface area contributed by atoms with E-state index in [1.165, 1.54) is 12.1 Å². The van der Waals surface area contributed by atoms with Crippen molar-refractivity contribution in [1.29, 1.82) is 0 Å². The Morgan fingerprint density at radius 1 is 1.25 bits per heavy atom. The highest BCUT2D eigenvalue weighted by atomic mass is 79.9. The highest BCUT2D eigenvalue weighted by Crippen LogP contribution is 2.29. The molecule has 0 aliphatic heterocycles. The Labute approximate surface area is 150 Å². The number of halogens is 2. The fourth-order valence-electron chi connectivity index (χ4n) is 1.99. The summed E-state index contributed by atoms with van der Waals surface area (Å²) in [6, 6.07) is 14.0. The largest absolute Gasteiger partial charge is 0.333 e. The van der Waals surface area contributed by atoms with Gasteiger partial charge in [0, 0.05) is 11.6 Å². The number of aromatic nitrogens is 2. The van der Waals surface area contributed by atoms with Crippen LogP contribution in [0.1, 0.15) is 11.5 Å². The summed E-state index contributed by atoms with van der Waals surface area (Å²) in [6.45, 7) is 0. The van der Waals surface area contributed by atoms with Crippen molar-refractivity contribution in [2.75, 3.05) is 0 Å². The number of benzene rings is 2. The van der Waals surface area contributed by atoms with Gasteiger partial charge in [0.1, 0.15) is 5.03 Å². The molecule has 3 aromatic rings. The lowest BCUT2D eigenvalue weighted by Gasteiger charge is -1.98. The lowest BCUT2D eigenvalue weighted by molar-refractivity contribution is -0.385. The zero-order valence-corrected chi connectivity index (χ0v) is 14.4. The molecule has 0 N–H and O–H groups in total. The van der Waals surface area contributed by atoms with Crippen molar-refractivity contribution in [2.45, 2.75) is 0 Å². The van der Waals surface area contributed by atoms with E-state index < -0.39 is 4.92 Å². The van der Waals surface area contributed by atoms with Gasteiger partial charge in [0.25, 0.3) is 11.6 Å². The summed E-state index contributed by atoms with van der Waals surface area (Å²) in [5.74, 6) is 0.556. The molecule has 0 bridgehead atoms. The molecule has 1 heterocycles. The van der Waals surface area contributed by atoms with E-state index in [1.807, 2.05) is 30.3 Å². The second-order valence-electron chi connectivity index (χ2n) is 4.75. The van der Waals surface area contributed by atoms with Crippen molar-refractivity contribution in [3.05, 3.63) is 74.6 Å². The lowest BCUT2D eigenvalue weighted by Crippen LogP contribution is -1.90. The molecule has 0 atom stereocenters. The second kappa shape index (κ2) is 6.94. The van der Waals surface area contributed by atoms with Crippen LogP contribution in [0.2, 0.25) is 0 Å². The summed E-state index contributed by atoms with van der Waals surface area (Å²) < 4.78 is 5.54. The van der Waals surface area contributed by atoms with Crippen LogP contribution >= 0.6 is 27.5 Å². The summed E-state index contributed by atoms with van der Waals surface area (Å²) in [5.41, 5.74) is 1.30. The van der Waals surface area contributed by atoms with Crippen LogP contribution in [0.5, 0.6) is 0 Å². The molecular weight excluding hydrogens is 398 g/mol.